The van der Waals surface area contributed by atoms with Crippen molar-refractivity contribution in [1.82, 2.24) is 4.57 Å². The molecule has 1 heteroatoms. The Morgan fingerprint density at radius 1 is 0.889 bits per heavy atom. The second kappa shape index (κ2) is 7.25. The number of rotatable bonds is 0. The minimum atomic E-state index is 1.26. The smallest absolute Gasteiger partial charge is 0.0482 e. The number of fused-ring (bicyclic) bond motifs is 3. The Morgan fingerprint density at radius 2 is 1.50 bits per heavy atom. The van der Waals surface area contributed by atoms with Crippen LogP contribution in [0.3, 0.4) is 0 Å². The van der Waals surface area contributed by atoms with E-state index in [-0.39, 0.29) is 0 Å². The lowest BCUT2D eigenvalue weighted by molar-refractivity contribution is 0.653. The summed E-state index contributed by atoms with van der Waals surface area (Å²) in [4.78, 5) is 0. The van der Waals surface area contributed by atoms with E-state index in [0.717, 1.165) is 0 Å². The first-order chi connectivity index (χ1) is 8.88. The van der Waals surface area contributed by atoms with Crippen LogP contribution in [0.25, 0.3) is 10.9 Å². The number of aromatic nitrogens is 1. The van der Waals surface area contributed by atoms with Crippen LogP contribution in [-0.2, 0) is 19.9 Å². The summed E-state index contributed by atoms with van der Waals surface area (Å²) in [6, 6.07) is 8.78. The molecule has 1 heterocycles. The third kappa shape index (κ3) is 2.60. The molecule has 0 amide bonds. The van der Waals surface area contributed by atoms with Crippen molar-refractivity contribution in [3.63, 3.8) is 0 Å². The predicted octanol–water partition coefficient (Wildman–Crippen LogP) is 5.11. The van der Waals surface area contributed by atoms with Gasteiger partial charge >= 0.3 is 0 Å². The highest BCUT2D eigenvalue weighted by Crippen LogP contribution is 2.30. The maximum Gasteiger partial charge on any atom is 0.0482 e. The van der Waals surface area contributed by atoms with Gasteiger partial charge in [-0.05, 0) is 37.3 Å². The molecule has 1 nitrogen and oxygen atoms in total. The molecule has 0 N–H and O–H groups in total. The van der Waals surface area contributed by atoms with Gasteiger partial charge in [-0.25, -0.2) is 0 Å². The molecule has 0 bridgehead atoms. The molecule has 0 radical (unpaired) electrons. The van der Waals surface area contributed by atoms with Gasteiger partial charge in [-0.1, -0.05) is 45.9 Å². The molecular weight excluding hydrogens is 218 g/mol. The van der Waals surface area contributed by atoms with Crippen LogP contribution in [0.5, 0.6) is 0 Å². The molecule has 0 spiro atoms. The highest BCUT2D eigenvalue weighted by molar-refractivity contribution is 5.85. The molecule has 18 heavy (non-hydrogen) atoms. The van der Waals surface area contributed by atoms with Crippen LogP contribution in [0.2, 0.25) is 0 Å². The average Bonchev–Trinajstić information content (AvgIpc) is 2.78. The van der Waals surface area contributed by atoms with Crippen molar-refractivity contribution in [3.05, 3.63) is 35.5 Å². The fourth-order valence-corrected chi connectivity index (χ4v) is 2.72. The van der Waals surface area contributed by atoms with Crippen LogP contribution < -0.4 is 0 Å². The number of para-hydroxylation sites is 1. The highest BCUT2D eigenvalue weighted by Gasteiger charge is 2.17. The quantitative estimate of drug-likeness (QED) is 0.608. The van der Waals surface area contributed by atoms with E-state index in [1.54, 1.807) is 11.3 Å². The fourth-order valence-electron chi connectivity index (χ4n) is 2.72. The van der Waals surface area contributed by atoms with Crippen LogP contribution in [0, 0.1) is 0 Å². The Labute approximate surface area is 112 Å². The molecule has 100 valence electrons. The molecule has 0 unspecified atom stereocenters. The second-order valence-corrected chi connectivity index (χ2v) is 4.21. The van der Waals surface area contributed by atoms with Gasteiger partial charge in [0.1, 0.15) is 0 Å². The first kappa shape index (κ1) is 14.8. The SMILES string of the molecule is CC.CC.Cn1c2c(c3ccccc31)CCCC2. The van der Waals surface area contributed by atoms with Crippen LogP contribution in [0.15, 0.2) is 24.3 Å². The van der Waals surface area contributed by atoms with Crippen molar-refractivity contribution >= 4 is 10.9 Å². The Balaban J connectivity index is 0.000000371. The largest absolute Gasteiger partial charge is 0.347 e. The van der Waals surface area contributed by atoms with Gasteiger partial charge < -0.3 is 4.57 Å². The van der Waals surface area contributed by atoms with Gasteiger partial charge in [-0.15, -0.1) is 0 Å². The molecule has 1 aromatic heterocycles. The molecule has 2 aromatic rings. The maximum atomic E-state index is 2.38. The molecule has 0 saturated carbocycles. The second-order valence-electron chi connectivity index (χ2n) is 4.21. The minimum absolute atomic E-state index is 1.26. The van der Waals surface area contributed by atoms with Gasteiger partial charge in [0, 0.05) is 23.6 Å². The summed E-state index contributed by atoms with van der Waals surface area (Å²) in [7, 11) is 2.20. The summed E-state index contributed by atoms with van der Waals surface area (Å²) in [6.45, 7) is 8.00. The highest BCUT2D eigenvalue weighted by atomic mass is 14.9. The molecule has 1 aromatic carbocycles. The van der Waals surface area contributed by atoms with Crippen molar-refractivity contribution < 1.29 is 0 Å². The van der Waals surface area contributed by atoms with Crippen LogP contribution in [0.4, 0.5) is 0 Å². The van der Waals surface area contributed by atoms with E-state index >= 15 is 0 Å². The first-order valence-corrected chi connectivity index (χ1v) is 7.43. The lowest BCUT2D eigenvalue weighted by Gasteiger charge is -2.12. The molecule has 1 aliphatic rings. The normalized spacial score (nSPS) is 12.9. The zero-order valence-corrected chi connectivity index (χ0v) is 12.6. The molecule has 1 aliphatic carbocycles. The van der Waals surface area contributed by atoms with Gasteiger partial charge in [-0.3, -0.25) is 0 Å². The van der Waals surface area contributed by atoms with E-state index < -0.39 is 0 Å². The number of hydrogen-bond acceptors (Lipinski definition) is 0. The summed E-state index contributed by atoms with van der Waals surface area (Å²) in [5.74, 6) is 0. The van der Waals surface area contributed by atoms with E-state index in [1.807, 2.05) is 27.7 Å². The fraction of sp³-hybridized carbons (Fsp3) is 0.529. The topological polar surface area (TPSA) is 4.93 Å². The first-order valence-electron chi connectivity index (χ1n) is 7.43. The summed E-state index contributed by atoms with van der Waals surface area (Å²) < 4.78 is 2.38. The van der Waals surface area contributed by atoms with E-state index in [1.165, 1.54) is 36.6 Å². The summed E-state index contributed by atoms with van der Waals surface area (Å²) in [6.07, 6.45) is 5.26. The van der Waals surface area contributed by atoms with Gasteiger partial charge in [0.15, 0.2) is 0 Å². The molecule has 3 rings (SSSR count). The summed E-state index contributed by atoms with van der Waals surface area (Å²) in [5.41, 5.74) is 4.58. The van der Waals surface area contributed by atoms with Crippen molar-refractivity contribution in [2.75, 3.05) is 0 Å². The van der Waals surface area contributed by atoms with Gasteiger partial charge in [0.2, 0.25) is 0 Å². The van der Waals surface area contributed by atoms with Crippen molar-refractivity contribution in [3.8, 4) is 0 Å². The molecule has 0 fully saturated rings. The molecule has 0 saturated heterocycles. The standard InChI is InChI=1S/C13H15N.2C2H6/c1-14-12-8-4-2-6-10(12)11-7-3-5-9-13(11)14;2*1-2/h2,4,6,8H,3,5,7,9H2,1H3;2*1-2H3. The van der Waals surface area contributed by atoms with E-state index in [0.29, 0.717) is 0 Å². The Kier molecular flexibility index (Phi) is 5.97. The third-order valence-corrected chi connectivity index (χ3v) is 3.43. The number of nitrogens with zero attached hydrogens (tertiary/aromatic N) is 1. The monoisotopic (exact) mass is 245 g/mol. The average molecular weight is 245 g/mol. The van der Waals surface area contributed by atoms with Crippen molar-refractivity contribution in [1.29, 1.82) is 0 Å². The van der Waals surface area contributed by atoms with Crippen molar-refractivity contribution in [2.45, 2.75) is 53.4 Å². The van der Waals surface area contributed by atoms with Gasteiger partial charge in [0.05, 0.1) is 0 Å². The van der Waals surface area contributed by atoms with E-state index in [9.17, 15) is 0 Å². The van der Waals surface area contributed by atoms with E-state index in [4.69, 9.17) is 0 Å². The number of benzene rings is 1. The molecule has 0 aliphatic heterocycles. The lowest BCUT2D eigenvalue weighted by atomic mass is 9.96. The zero-order valence-electron chi connectivity index (χ0n) is 12.6. The van der Waals surface area contributed by atoms with E-state index in [2.05, 4.69) is 35.9 Å². The summed E-state index contributed by atoms with van der Waals surface area (Å²) in [5, 5.41) is 1.48. The maximum absolute atomic E-state index is 2.38. The van der Waals surface area contributed by atoms with Gasteiger partial charge in [-0.2, -0.15) is 0 Å². The van der Waals surface area contributed by atoms with Crippen LogP contribution in [0.1, 0.15) is 51.8 Å². The van der Waals surface area contributed by atoms with Gasteiger partial charge in [0.25, 0.3) is 0 Å². The van der Waals surface area contributed by atoms with Crippen LogP contribution >= 0.6 is 0 Å². The minimum Gasteiger partial charge on any atom is -0.347 e. The predicted molar refractivity (Wildman–Crippen MR) is 82.3 cm³/mol. The lowest BCUT2D eigenvalue weighted by Crippen LogP contribution is -2.04. The zero-order chi connectivity index (χ0) is 13.5. The Bertz CT molecular complexity index is 480. The van der Waals surface area contributed by atoms with Crippen LogP contribution in [-0.4, -0.2) is 4.57 Å². The Hall–Kier alpha value is -1.24. The summed E-state index contributed by atoms with van der Waals surface area (Å²) >= 11 is 0. The van der Waals surface area contributed by atoms with Crippen molar-refractivity contribution in [2.24, 2.45) is 7.05 Å². The number of hydrogen-bond donors (Lipinski definition) is 0. The third-order valence-electron chi connectivity index (χ3n) is 3.43. The molecule has 0 atom stereocenters. The Morgan fingerprint density at radius 3 is 2.22 bits per heavy atom. The number of aryl methyl sites for hydroxylation is 2. The molecular formula is C17H27N.